The summed E-state index contributed by atoms with van der Waals surface area (Å²) in [5.74, 6) is 1.49. The number of aryl methyl sites for hydroxylation is 2. The lowest BCUT2D eigenvalue weighted by molar-refractivity contribution is 0.320. The maximum absolute atomic E-state index is 13.5. The molecule has 0 aromatic heterocycles. The fraction of sp³-hybridized carbons (Fsp3) is 0.269. The summed E-state index contributed by atoms with van der Waals surface area (Å²) in [7, 11) is 4.82. The van der Waals surface area contributed by atoms with Crippen molar-refractivity contribution in [3.05, 3.63) is 82.7 Å². The molecule has 6 heteroatoms. The monoisotopic (exact) mass is 434 g/mol. The molecule has 0 saturated carbocycles. The first-order valence-corrected chi connectivity index (χ1v) is 10.5. The van der Waals surface area contributed by atoms with Gasteiger partial charge in [0.25, 0.3) is 0 Å². The van der Waals surface area contributed by atoms with Crippen molar-refractivity contribution in [1.82, 2.24) is 0 Å². The highest BCUT2D eigenvalue weighted by Gasteiger charge is 2.34. The highest BCUT2D eigenvalue weighted by atomic mass is 19.1. The number of hydrazone groups is 1. The summed E-state index contributed by atoms with van der Waals surface area (Å²) in [4.78, 5) is 0. The second-order valence-corrected chi connectivity index (χ2v) is 7.81. The second-order valence-electron chi connectivity index (χ2n) is 7.81. The molecular weight excluding hydrogens is 407 g/mol. The Morgan fingerprint density at radius 3 is 2.19 bits per heavy atom. The van der Waals surface area contributed by atoms with E-state index in [-0.39, 0.29) is 11.9 Å². The lowest BCUT2D eigenvalue weighted by Crippen LogP contribution is -2.19. The summed E-state index contributed by atoms with van der Waals surface area (Å²) in [5.41, 5.74) is 6.09. The van der Waals surface area contributed by atoms with Gasteiger partial charge in [-0.15, -0.1) is 0 Å². The number of rotatable bonds is 6. The van der Waals surface area contributed by atoms with Crippen molar-refractivity contribution >= 4 is 11.4 Å². The third kappa shape index (κ3) is 3.88. The molecule has 0 bridgehead atoms. The van der Waals surface area contributed by atoms with Crippen molar-refractivity contribution in [2.24, 2.45) is 5.10 Å². The zero-order chi connectivity index (χ0) is 22.8. The Morgan fingerprint density at radius 1 is 0.844 bits per heavy atom. The third-order valence-corrected chi connectivity index (χ3v) is 5.94. The summed E-state index contributed by atoms with van der Waals surface area (Å²) >= 11 is 0. The smallest absolute Gasteiger partial charge is 0.203 e. The largest absolute Gasteiger partial charge is 0.493 e. The maximum Gasteiger partial charge on any atom is 0.203 e. The van der Waals surface area contributed by atoms with Gasteiger partial charge in [0.15, 0.2) is 11.5 Å². The molecule has 5 nitrogen and oxygen atoms in total. The van der Waals surface area contributed by atoms with Crippen LogP contribution in [0.5, 0.6) is 17.2 Å². The number of nitrogens with zero attached hydrogens (tertiary/aromatic N) is 2. The van der Waals surface area contributed by atoms with E-state index >= 15 is 0 Å². The van der Waals surface area contributed by atoms with Gasteiger partial charge >= 0.3 is 0 Å². The van der Waals surface area contributed by atoms with Gasteiger partial charge in [-0.2, -0.15) is 5.10 Å². The van der Waals surface area contributed by atoms with Crippen LogP contribution in [0.15, 0.2) is 59.7 Å². The fourth-order valence-electron chi connectivity index (χ4n) is 4.06. The van der Waals surface area contributed by atoms with Gasteiger partial charge in [-0.25, -0.2) is 4.39 Å². The molecule has 1 heterocycles. The molecule has 4 rings (SSSR count). The number of ether oxygens (including phenoxy) is 3. The van der Waals surface area contributed by atoms with Gasteiger partial charge in [0.2, 0.25) is 5.75 Å². The lowest BCUT2D eigenvalue weighted by atomic mass is 9.96. The number of anilines is 1. The first-order valence-electron chi connectivity index (χ1n) is 10.5. The minimum Gasteiger partial charge on any atom is -0.493 e. The van der Waals surface area contributed by atoms with Crippen molar-refractivity contribution in [3.63, 3.8) is 0 Å². The van der Waals surface area contributed by atoms with E-state index in [4.69, 9.17) is 19.3 Å². The summed E-state index contributed by atoms with van der Waals surface area (Å²) in [6, 6.07) is 16.5. The first-order chi connectivity index (χ1) is 15.5. The van der Waals surface area contributed by atoms with Crippen LogP contribution in [-0.2, 0) is 0 Å². The molecule has 0 saturated heterocycles. The number of methoxy groups -OCH3 is 3. The fourth-order valence-corrected chi connectivity index (χ4v) is 4.06. The van der Waals surface area contributed by atoms with E-state index in [2.05, 4.69) is 32.0 Å². The van der Waals surface area contributed by atoms with Crippen molar-refractivity contribution in [3.8, 4) is 17.2 Å². The van der Waals surface area contributed by atoms with E-state index in [0.29, 0.717) is 23.7 Å². The molecule has 0 fully saturated rings. The Kier molecular flexibility index (Phi) is 6.04. The molecular formula is C26H27FN2O3. The topological polar surface area (TPSA) is 43.3 Å². The molecule has 0 N–H and O–H groups in total. The average molecular weight is 435 g/mol. The van der Waals surface area contributed by atoms with Crippen molar-refractivity contribution < 1.29 is 18.6 Å². The van der Waals surface area contributed by atoms with Crippen LogP contribution in [0, 0.1) is 19.7 Å². The SMILES string of the molecule is COc1ccc(C2CC(c3ccc(F)cc3)=NN2c2ccc(C)c(C)c2)c(OC)c1OC. The minimum atomic E-state index is -0.267. The predicted octanol–water partition coefficient (Wildman–Crippen LogP) is 5.82. The zero-order valence-corrected chi connectivity index (χ0v) is 19.0. The zero-order valence-electron chi connectivity index (χ0n) is 19.0. The normalized spacial score (nSPS) is 15.5. The van der Waals surface area contributed by atoms with Gasteiger partial charge in [-0.1, -0.05) is 18.2 Å². The van der Waals surface area contributed by atoms with E-state index in [0.717, 1.165) is 22.5 Å². The van der Waals surface area contributed by atoms with Crippen LogP contribution in [0.4, 0.5) is 10.1 Å². The summed E-state index contributed by atoms with van der Waals surface area (Å²) in [6.45, 7) is 4.18. The van der Waals surface area contributed by atoms with Crippen molar-refractivity contribution in [2.75, 3.05) is 26.3 Å². The van der Waals surface area contributed by atoms with Gasteiger partial charge in [0.05, 0.1) is 38.8 Å². The average Bonchev–Trinajstić information content (AvgIpc) is 3.25. The molecule has 1 aliphatic heterocycles. The highest BCUT2D eigenvalue weighted by Crippen LogP contribution is 2.47. The van der Waals surface area contributed by atoms with Crippen LogP contribution >= 0.6 is 0 Å². The molecule has 1 unspecified atom stereocenters. The van der Waals surface area contributed by atoms with Gasteiger partial charge in [0.1, 0.15) is 5.82 Å². The van der Waals surface area contributed by atoms with Crippen LogP contribution in [0.1, 0.15) is 34.7 Å². The Bertz CT molecular complexity index is 1160. The Balaban J connectivity index is 1.84. The Morgan fingerprint density at radius 2 is 1.56 bits per heavy atom. The number of hydrogen-bond acceptors (Lipinski definition) is 5. The second kappa shape index (κ2) is 8.91. The minimum absolute atomic E-state index is 0.132. The number of hydrogen-bond donors (Lipinski definition) is 0. The molecule has 3 aromatic rings. The summed E-state index contributed by atoms with van der Waals surface area (Å²) < 4.78 is 30.3. The van der Waals surface area contributed by atoms with Gasteiger partial charge < -0.3 is 14.2 Å². The molecule has 0 aliphatic carbocycles. The van der Waals surface area contributed by atoms with Gasteiger partial charge in [-0.05, 0) is 66.9 Å². The molecule has 0 amide bonds. The van der Waals surface area contributed by atoms with Crippen LogP contribution in [0.25, 0.3) is 0 Å². The van der Waals surface area contributed by atoms with Crippen LogP contribution in [-0.4, -0.2) is 27.0 Å². The van der Waals surface area contributed by atoms with Gasteiger partial charge in [-0.3, -0.25) is 5.01 Å². The van der Waals surface area contributed by atoms with E-state index in [1.54, 1.807) is 33.5 Å². The van der Waals surface area contributed by atoms with Crippen LogP contribution in [0.3, 0.4) is 0 Å². The molecule has 0 radical (unpaired) electrons. The quantitative estimate of drug-likeness (QED) is 0.490. The predicted molar refractivity (Wildman–Crippen MR) is 125 cm³/mol. The van der Waals surface area contributed by atoms with E-state index in [9.17, 15) is 4.39 Å². The van der Waals surface area contributed by atoms with Crippen molar-refractivity contribution in [1.29, 1.82) is 0 Å². The highest BCUT2D eigenvalue weighted by molar-refractivity contribution is 6.03. The first kappa shape index (κ1) is 21.7. The van der Waals surface area contributed by atoms with E-state index < -0.39 is 0 Å². The lowest BCUT2D eigenvalue weighted by Gasteiger charge is -2.27. The number of halogens is 1. The van der Waals surface area contributed by atoms with E-state index in [1.807, 2.05) is 17.1 Å². The molecule has 166 valence electrons. The molecule has 3 aromatic carbocycles. The molecule has 0 spiro atoms. The van der Waals surface area contributed by atoms with Gasteiger partial charge in [0, 0.05) is 12.0 Å². The Hall–Kier alpha value is -3.54. The molecule has 32 heavy (non-hydrogen) atoms. The number of benzene rings is 3. The Labute approximate surface area is 188 Å². The molecule has 1 aliphatic rings. The van der Waals surface area contributed by atoms with Crippen molar-refractivity contribution in [2.45, 2.75) is 26.3 Å². The third-order valence-electron chi connectivity index (χ3n) is 5.94. The van der Waals surface area contributed by atoms with E-state index in [1.165, 1.54) is 23.3 Å². The summed E-state index contributed by atoms with van der Waals surface area (Å²) in [6.07, 6.45) is 0.629. The maximum atomic E-state index is 13.5. The molecule has 1 atom stereocenters. The van der Waals surface area contributed by atoms with Crippen LogP contribution < -0.4 is 19.2 Å². The standard InChI is InChI=1S/C26H27FN2O3/c1-16-6-11-20(14-17(16)2)29-23(15-22(28-29)18-7-9-19(27)10-8-18)21-12-13-24(30-3)26(32-5)25(21)31-4/h6-14,23H,15H2,1-5H3. The van der Waals surface area contributed by atoms with Crippen LogP contribution in [0.2, 0.25) is 0 Å². The summed E-state index contributed by atoms with van der Waals surface area (Å²) in [5, 5.41) is 6.97.